The Morgan fingerprint density at radius 1 is 1.50 bits per heavy atom. The third-order valence-corrected chi connectivity index (χ3v) is 4.31. The van der Waals surface area contributed by atoms with E-state index in [1.165, 1.54) is 0 Å². The van der Waals surface area contributed by atoms with E-state index in [1.54, 1.807) is 4.90 Å². The number of nitrogens with zero attached hydrogens (tertiary/aromatic N) is 2. The van der Waals surface area contributed by atoms with Gasteiger partial charge >= 0.3 is 0 Å². The summed E-state index contributed by atoms with van der Waals surface area (Å²) >= 11 is 0. The SMILES string of the molecule is CCC(C(=O)N1CC2CCC(O)C2C1)C(N)=NO. The topological polar surface area (TPSA) is 99.2 Å². The highest BCUT2D eigenvalue weighted by atomic mass is 16.4. The first-order valence-electron chi connectivity index (χ1n) is 6.52. The molecule has 2 rings (SSSR count). The van der Waals surface area contributed by atoms with Gasteiger partial charge in [-0.3, -0.25) is 4.79 Å². The molecule has 102 valence electrons. The number of carbonyl (C=O) groups excluding carboxylic acids is 1. The monoisotopic (exact) mass is 255 g/mol. The highest BCUT2D eigenvalue weighted by Crippen LogP contribution is 2.38. The number of carbonyl (C=O) groups is 1. The molecule has 1 aliphatic heterocycles. The number of amidine groups is 1. The summed E-state index contributed by atoms with van der Waals surface area (Å²) < 4.78 is 0. The second kappa shape index (κ2) is 5.14. The van der Waals surface area contributed by atoms with Crippen LogP contribution in [0.1, 0.15) is 26.2 Å². The number of hydrogen-bond donors (Lipinski definition) is 3. The molecule has 1 amide bonds. The summed E-state index contributed by atoms with van der Waals surface area (Å²) in [5.41, 5.74) is 5.54. The molecule has 0 radical (unpaired) electrons. The maximum Gasteiger partial charge on any atom is 0.233 e. The Morgan fingerprint density at radius 2 is 2.22 bits per heavy atom. The number of fused-ring (bicyclic) bond motifs is 1. The zero-order valence-electron chi connectivity index (χ0n) is 10.6. The number of rotatable bonds is 3. The first-order valence-corrected chi connectivity index (χ1v) is 6.52. The number of aliphatic hydroxyl groups excluding tert-OH is 1. The van der Waals surface area contributed by atoms with Gasteiger partial charge in [-0.1, -0.05) is 12.1 Å². The van der Waals surface area contributed by atoms with Crippen LogP contribution in [0.2, 0.25) is 0 Å². The van der Waals surface area contributed by atoms with Crippen LogP contribution in [0.5, 0.6) is 0 Å². The van der Waals surface area contributed by atoms with E-state index in [0.29, 0.717) is 25.4 Å². The van der Waals surface area contributed by atoms with Crippen molar-refractivity contribution < 1.29 is 15.1 Å². The van der Waals surface area contributed by atoms with Gasteiger partial charge in [0, 0.05) is 19.0 Å². The molecule has 2 fully saturated rings. The Labute approximate surface area is 106 Å². The standard InChI is InChI=1S/C12H21N3O3/c1-2-8(11(13)14-18)12(17)15-5-7-3-4-10(16)9(7)6-15/h7-10,16,18H,2-6H2,1H3,(H2,13,14). The van der Waals surface area contributed by atoms with Crippen molar-refractivity contribution in [2.24, 2.45) is 28.6 Å². The zero-order valence-corrected chi connectivity index (χ0v) is 10.6. The number of nitrogens with two attached hydrogens (primary N) is 1. The molecule has 6 nitrogen and oxygen atoms in total. The normalized spacial score (nSPS) is 33.6. The number of aliphatic hydroxyl groups is 1. The number of likely N-dealkylation sites (tertiary alicyclic amines) is 1. The lowest BCUT2D eigenvalue weighted by Crippen LogP contribution is -2.41. The van der Waals surface area contributed by atoms with E-state index < -0.39 is 5.92 Å². The fraction of sp³-hybridized carbons (Fsp3) is 0.833. The molecule has 2 aliphatic rings. The summed E-state index contributed by atoms with van der Waals surface area (Å²) in [4.78, 5) is 14.0. The average Bonchev–Trinajstić information content (AvgIpc) is 2.92. The van der Waals surface area contributed by atoms with Crippen molar-refractivity contribution >= 4 is 11.7 Å². The van der Waals surface area contributed by atoms with Gasteiger partial charge in [-0.05, 0) is 25.2 Å². The fourth-order valence-corrected chi connectivity index (χ4v) is 3.22. The summed E-state index contributed by atoms with van der Waals surface area (Å²) in [6.45, 7) is 3.13. The molecule has 6 heteroatoms. The molecule has 4 unspecified atom stereocenters. The van der Waals surface area contributed by atoms with Gasteiger partial charge in [0.25, 0.3) is 0 Å². The number of amides is 1. The molecule has 0 bridgehead atoms. The van der Waals surface area contributed by atoms with Crippen LogP contribution in [-0.2, 0) is 4.79 Å². The van der Waals surface area contributed by atoms with E-state index in [0.717, 1.165) is 12.8 Å². The van der Waals surface area contributed by atoms with Crippen molar-refractivity contribution in [1.29, 1.82) is 0 Å². The first-order chi connectivity index (χ1) is 8.58. The summed E-state index contributed by atoms with van der Waals surface area (Å²) in [5, 5.41) is 21.4. The minimum atomic E-state index is -0.550. The first kappa shape index (κ1) is 13.1. The predicted octanol–water partition coefficient (Wildman–Crippen LogP) is -0.0117. The summed E-state index contributed by atoms with van der Waals surface area (Å²) in [7, 11) is 0. The third-order valence-electron chi connectivity index (χ3n) is 4.31. The van der Waals surface area contributed by atoms with Crippen molar-refractivity contribution in [3.63, 3.8) is 0 Å². The average molecular weight is 255 g/mol. The van der Waals surface area contributed by atoms with Gasteiger partial charge in [0.1, 0.15) is 0 Å². The molecular weight excluding hydrogens is 234 g/mol. The van der Waals surface area contributed by atoms with Gasteiger partial charge in [-0.15, -0.1) is 0 Å². The summed E-state index contributed by atoms with van der Waals surface area (Å²) in [6.07, 6.45) is 2.06. The Balaban J connectivity index is 2.03. The van der Waals surface area contributed by atoms with Crippen molar-refractivity contribution in [2.75, 3.05) is 13.1 Å². The summed E-state index contributed by atoms with van der Waals surface area (Å²) in [5.74, 6) is -0.0482. The van der Waals surface area contributed by atoms with Crippen LogP contribution in [0.3, 0.4) is 0 Å². The molecule has 1 saturated heterocycles. The minimum Gasteiger partial charge on any atom is -0.409 e. The Kier molecular flexibility index (Phi) is 3.75. The molecule has 1 heterocycles. The maximum atomic E-state index is 12.3. The van der Waals surface area contributed by atoms with Gasteiger partial charge in [-0.25, -0.2) is 0 Å². The van der Waals surface area contributed by atoms with Crippen molar-refractivity contribution in [2.45, 2.75) is 32.3 Å². The van der Waals surface area contributed by atoms with Gasteiger partial charge in [0.05, 0.1) is 12.0 Å². The van der Waals surface area contributed by atoms with E-state index in [9.17, 15) is 9.90 Å². The lowest BCUT2D eigenvalue weighted by molar-refractivity contribution is -0.132. The molecule has 1 saturated carbocycles. The van der Waals surface area contributed by atoms with E-state index in [4.69, 9.17) is 10.9 Å². The van der Waals surface area contributed by atoms with Crippen LogP contribution in [0.25, 0.3) is 0 Å². The number of oxime groups is 1. The van der Waals surface area contributed by atoms with Crippen LogP contribution in [0.4, 0.5) is 0 Å². The zero-order chi connectivity index (χ0) is 13.3. The molecule has 0 aromatic rings. The van der Waals surface area contributed by atoms with Gasteiger partial charge in [0.2, 0.25) is 5.91 Å². The van der Waals surface area contributed by atoms with Crippen molar-refractivity contribution in [3.05, 3.63) is 0 Å². The van der Waals surface area contributed by atoms with Crippen LogP contribution >= 0.6 is 0 Å². The van der Waals surface area contributed by atoms with Crippen molar-refractivity contribution in [1.82, 2.24) is 4.90 Å². The van der Waals surface area contributed by atoms with Crippen LogP contribution in [-0.4, -0.2) is 46.1 Å². The van der Waals surface area contributed by atoms with Gasteiger partial charge in [-0.2, -0.15) is 0 Å². The molecule has 4 N–H and O–H groups in total. The Morgan fingerprint density at radius 3 is 2.78 bits per heavy atom. The van der Waals surface area contributed by atoms with E-state index in [1.807, 2.05) is 6.92 Å². The van der Waals surface area contributed by atoms with Crippen LogP contribution in [0, 0.1) is 17.8 Å². The molecule has 1 aliphatic carbocycles. The second-order valence-corrected chi connectivity index (χ2v) is 5.30. The molecule has 18 heavy (non-hydrogen) atoms. The van der Waals surface area contributed by atoms with Gasteiger partial charge < -0.3 is 20.9 Å². The highest BCUT2D eigenvalue weighted by molar-refractivity contribution is 6.02. The van der Waals surface area contributed by atoms with Crippen molar-refractivity contribution in [3.8, 4) is 0 Å². The lowest BCUT2D eigenvalue weighted by atomic mass is 10.00. The second-order valence-electron chi connectivity index (χ2n) is 5.30. The molecule has 4 atom stereocenters. The molecule has 0 aromatic carbocycles. The Hall–Kier alpha value is -1.30. The highest BCUT2D eigenvalue weighted by Gasteiger charge is 2.44. The van der Waals surface area contributed by atoms with E-state index in [-0.39, 0.29) is 23.8 Å². The maximum absolute atomic E-state index is 12.3. The van der Waals surface area contributed by atoms with Crippen LogP contribution < -0.4 is 5.73 Å². The molecule has 0 spiro atoms. The minimum absolute atomic E-state index is 0.0277. The molecule has 0 aromatic heterocycles. The number of hydrogen-bond acceptors (Lipinski definition) is 4. The van der Waals surface area contributed by atoms with E-state index >= 15 is 0 Å². The summed E-state index contributed by atoms with van der Waals surface area (Å²) in [6, 6.07) is 0. The van der Waals surface area contributed by atoms with Gasteiger partial charge in [0.15, 0.2) is 5.84 Å². The largest absolute Gasteiger partial charge is 0.409 e. The fourth-order valence-electron chi connectivity index (χ4n) is 3.22. The quantitative estimate of drug-likeness (QED) is 0.286. The smallest absolute Gasteiger partial charge is 0.233 e. The third kappa shape index (κ3) is 2.16. The molecular formula is C12H21N3O3. The van der Waals surface area contributed by atoms with Crippen LogP contribution in [0.15, 0.2) is 5.16 Å². The Bertz CT molecular complexity index is 358. The lowest BCUT2D eigenvalue weighted by Gasteiger charge is -2.23. The van der Waals surface area contributed by atoms with E-state index in [2.05, 4.69) is 5.16 Å². The predicted molar refractivity (Wildman–Crippen MR) is 66.0 cm³/mol.